The first-order valence-corrected chi connectivity index (χ1v) is 11.9. The van der Waals surface area contributed by atoms with Gasteiger partial charge >= 0.3 is 5.97 Å². The molecule has 0 atom stereocenters. The largest absolute Gasteiger partial charge is 0.487 e. The Kier molecular flexibility index (Phi) is 7.58. The Morgan fingerprint density at radius 3 is 2.52 bits per heavy atom. The molecular weight excluding hydrogens is 442 g/mol. The molecule has 3 aromatic rings. The second-order valence-corrected chi connectivity index (χ2v) is 10.3. The number of carbonyl (C=O) groups is 1. The quantitative estimate of drug-likeness (QED) is 0.338. The molecule has 33 heavy (non-hydrogen) atoms. The zero-order chi connectivity index (χ0) is 24.3. The van der Waals surface area contributed by atoms with E-state index in [0.717, 1.165) is 50.1 Å². The smallest absolute Gasteiger partial charge is 0.328 e. The van der Waals surface area contributed by atoms with Crippen LogP contribution in [0.15, 0.2) is 42.5 Å². The van der Waals surface area contributed by atoms with Gasteiger partial charge in [-0.25, -0.2) is 13.6 Å². The van der Waals surface area contributed by atoms with E-state index in [9.17, 15) is 13.6 Å². The first-order valence-electron chi connectivity index (χ1n) is 11.0. The third-order valence-corrected chi connectivity index (χ3v) is 6.72. The molecule has 176 valence electrons. The van der Waals surface area contributed by atoms with Gasteiger partial charge in [0.25, 0.3) is 6.43 Å². The van der Waals surface area contributed by atoms with Crippen LogP contribution in [0.3, 0.4) is 0 Å². The Balaban J connectivity index is 2.30. The van der Waals surface area contributed by atoms with E-state index in [0.29, 0.717) is 11.3 Å². The van der Waals surface area contributed by atoms with E-state index >= 15 is 0 Å². The van der Waals surface area contributed by atoms with Crippen molar-refractivity contribution in [1.29, 1.82) is 0 Å². The fourth-order valence-corrected chi connectivity index (χ4v) is 4.90. The lowest BCUT2D eigenvalue weighted by Gasteiger charge is -2.24. The van der Waals surface area contributed by atoms with Gasteiger partial charge in [-0.1, -0.05) is 52.3 Å². The summed E-state index contributed by atoms with van der Waals surface area (Å²) >= 11 is 1.51. The second-order valence-electron chi connectivity index (χ2n) is 9.21. The lowest BCUT2D eigenvalue weighted by Crippen LogP contribution is -2.14. The number of hydrogen-bond donors (Lipinski definition) is 1. The predicted octanol–water partition coefficient (Wildman–Crippen LogP) is 7.95. The molecule has 0 unspecified atom stereocenters. The molecule has 0 saturated heterocycles. The third-order valence-electron chi connectivity index (χ3n) is 5.49. The van der Waals surface area contributed by atoms with Crippen LogP contribution in [0.4, 0.5) is 8.78 Å². The van der Waals surface area contributed by atoms with Gasteiger partial charge in [-0.3, -0.25) is 0 Å². The minimum Gasteiger partial charge on any atom is -0.487 e. The highest BCUT2D eigenvalue weighted by molar-refractivity contribution is 7.20. The topological polar surface area (TPSA) is 46.5 Å². The van der Waals surface area contributed by atoms with Crippen LogP contribution < -0.4 is 4.74 Å². The van der Waals surface area contributed by atoms with Crippen LogP contribution in [-0.4, -0.2) is 24.1 Å². The van der Waals surface area contributed by atoms with Gasteiger partial charge in [0.05, 0.1) is 0 Å². The summed E-state index contributed by atoms with van der Waals surface area (Å²) in [6.07, 6.45) is 0.216. The summed E-state index contributed by atoms with van der Waals surface area (Å²) in [7, 11) is 0. The lowest BCUT2D eigenvalue weighted by molar-refractivity contribution is -0.131. The van der Waals surface area contributed by atoms with Crippen molar-refractivity contribution < 1.29 is 23.4 Å². The standard InChI is InChI=1S/C27H30F2O3S/c1-6-8-17-12-18(27(3,4)5)13-21(26(17)32-15-24(28)29)19-9-7-10-22-20(19)14-23(33-22)16(2)11-25(30)31/h7,9-14,24H,6,8,15H2,1-5H3,(H,30,31)/b16-11-. The maximum atomic E-state index is 13.1. The molecular formula is C27H30F2O3S. The first kappa shape index (κ1) is 24.9. The number of aliphatic carboxylic acids is 1. The number of benzene rings is 2. The number of carboxylic acids is 1. The predicted molar refractivity (Wildman–Crippen MR) is 133 cm³/mol. The molecule has 0 aliphatic rings. The maximum Gasteiger partial charge on any atom is 0.328 e. The van der Waals surface area contributed by atoms with Crippen molar-refractivity contribution in [3.8, 4) is 16.9 Å². The monoisotopic (exact) mass is 472 g/mol. The van der Waals surface area contributed by atoms with E-state index in [1.54, 1.807) is 6.92 Å². The number of halogens is 2. The molecule has 0 radical (unpaired) electrons. The Labute approximate surface area is 197 Å². The van der Waals surface area contributed by atoms with Crippen LogP contribution in [0.1, 0.15) is 57.0 Å². The molecule has 3 rings (SSSR count). The lowest BCUT2D eigenvalue weighted by atomic mass is 9.83. The Hall–Kier alpha value is -2.73. The summed E-state index contributed by atoms with van der Waals surface area (Å²) in [5.41, 5.74) is 4.26. The van der Waals surface area contributed by atoms with E-state index in [4.69, 9.17) is 9.84 Å². The molecule has 2 aromatic carbocycles. The van der Waals surface area contributed by atoms with Gasteiger partial charge in [0.15, 0.2) is 0 Å². The molecule has 0 aliphatic carbocycles. The van der Waals surface area contributed by atoms with Crippen molar-refractivity contribution in [2.45, 2.75) is 59.3 Å². The zero-order valence-electron chi connectivity index (χ0n) is 19.7. The van der Waals surface area contributed by atoms with Crippen LogP contribution in [-0.2, 0) is 16.6 Å². The van der Waals surface area contributed by atoms with Crippen molar-refractivity contribution >= 4 is 33.0 Å². The fraction of sp³-hybridized carbons (Fsp3) is 0.370. The van der Waals surface area contributed by atoms with E-state index in [1.165, 1.54) is 17.4 Å². The molecule has 6 heteroatoms. The highest BCUT2D eigenvalue weighted by Crippen LogP contribution is 2.43. The number of aryl methyl sites for hydroxylation is 1. The molecule has 0 fully saturated rings. The summed E-state index contributed by atoms with van der Waals surface area (Å²) in [5.74, 6) is -0.488. The highest BCUT2D eigenvalue weighted by atomic mass is 32.1. The van der Waals surface area contributed by atoms with Crippen molar-refractivity contribution in [1.82, 2.24) is 0 Å². The van der Waals surface area contributed by atoms with Gasteiger partial charge < -0.3 is 9.84 Å². The van der Waals surface area contributed by atoms with Gasteiger partial charge in [0, 0.05) is 26.6 Å². The minimum absolute atomic E-state index is 0.132. The number of alkyl halides is 2. The second kappa shape index (κ2) is 10.0. The van der Waals surface area contributed by atoms with Gasteiger partial charge in [-0.05, 0) is 59.2 Å². The Bertz CT molecular complexity index is 1190. The molecule has 0 saturated carbocycles. The third kappa shape index (κ3) is 5.80. The van der Waals surface area contributed by atoms with E-state index in [1.807, 2.05) is 30.3 Å². The number of rotatable bonds is 8. The van der Waals surface area contributed by atoms with Crippen molar-refractivity contribution in [3.63, 3.8) is 0 Å². The molecule has 1 heterocycles. The number of carboxylic acid groups (broad SMARTS) is 1. The zero-order valence-corrected chi connectivity index (χ0v) is 20.5. The van der Waals surface area contributed by atoms with Crippen LogP contribution in [0, 0.1) is 0 Å². The summed E-state index contributed by atoms with van der Waals surface area (Å²) < 4.78 is 32.9. The van der Waals surface area contributed by atoms with Crippen molar-refractivity contribution in [2.24, 2.45) is 0 Å². The normalized spacial score (nSPS) is 12.5. The molecule has 0 amide bonds. The molecule has 0 aliphatic heterocycles. The van der Waals surface area contributed by atoms with E-state index in [-0.39, 0.29) is 5.41 Å². The molecule has 0 bridgehead atoms. The average Bonchev–Trinajstić information content (AvgIpc) is 3.16. The Morgan fingerprint density at radius 2 is 1.91 bits per heavy atom. The summed E-state index contributed by atoms with van der Waals surface area (Å²) in [4.78, 5) is 12.0. The molecule has 0 spiro atoms. The highest BCUT2D eigenvalue weighted by Gasteiger charge is 2.22. The van der Waals surface area contributed by atoms with Crippen molar-refractivity contribution in [3.05, 3.63) is 58.5 Å². The van der Waals surface area contributed by atoms with E-state index < -0.39 is 19.0 Å². The van der Waals surface area contributed by atoms with Crippen LogP contribution in [0.5, 0.6) is 5.75 Å². The van der Waals surface area contributed by atoms with Crippen LogP contribution >= 0.6 is 11.3 Å². The fourth-order valence-electron chi connectivity index (χ4n) is 3.84. The van der Waals surface area contributed by atoms with Crippen LogP contribution in [0.2, 0.25) is 0 Å². The number of ether oxygens (including phenoxy) is 1. The summed E-state index contributed by atoms with van der Waals surface area (Å²) in [6.45, 7) is 9.56. The summed E-state index contributed by atoms with van der Waals surface area (Å²) in [6, 6.07) is 12.0. The van der Waals surface area contributed by atoms with E-state index in [2.05, 4.69) is 33.8 Å². The number of allylic oxidation sites excluding steroid dienone is 1. The van der Waals surface area contributed by atoms with Gasteiger partial charge in [0.2, 0.25) is 0 Å². The molecule has 3 nitrogen and oxygen atoms in total. The Morgan fingerprint density at radius 1 is 1.18 bits per heavy atom. The SMILES string of the molecule is CCCc1cc(C(C)(C)C)cc(-c2cccc3sc(/C(C)=C\C(=O)O)cc23)c1OCC(F)F. The average molecular weight is 473 g/mol. The number of hydrogen-bond acceptors (Lipinski definition) is 3. The maximum absolute atomic E-state index is 13.1. The molecule has 1 aromatic heterocycles. The van der Waals surface area contributed by atoms with Gasteiger partial charge in [-0.15, -0.1) is 11.3 Å². The van der Waals surface area contributed by atoms with Crippen molar-refractivity contribution in [2.75, 3.05) is 6.61 Å². The number of thiophene rings is 1. The first-order chi connectivity index (χ1) is 15.5. The van der Waals surface area contributed by atoms with Crippen LogP contribution in [0.25, 0.3) is 26.8 Å². The minimum atomic E-state index is -2.57. The summed E-state index contributed by atoms with van der Waals surface area (Å²) in [5, 5.41) is 10.1. The molecule has 1 N–H and O–H groups in total. The van der Waals surface area contributed by atoms with Gasteiger partial charge in [0.1, 0.15) is 12.4 Å². The number of fused-ring (bicyclic) bond motifs is 1. The van der Waals surface area contributed by atoms with Gasteiger partial charge in [-0.2, -0.15) is 0 Å².